The standard InChI is InChI=1S/C30H39N3O4S/c1-6-8-18-30(7-2)22-32(24-12-10-9-11-13-24)27-19-26(31(3)4)28(34)20-29(27)38(35,36)33(30)21-23-14-16-25(37-5)17-15-23/h9-17,19-20,34H,6-8,18,21-22H2,1-5H3. The van der Waals surface area contributed by atoms with Crippen LogP contribution in [0.1, 0.15) is 45.1 Å². The molecule has 1 N–H and O–H groups in total. The number of methoxy groups -OCH3 is 1. The lowest BCUT2D eigenvalue weighted by atomic mass is 9.88. The van der Waals surface area contributed by atoms with Gasteiger partial charge in [0.05, 0.1) is 24.0 Å². The molecule has 8 heteroatoms. The molecule has 3 aromatic carbocycles. The third-order valence-corrected chi connectivity index (χ3v) is 9.56. The summed E-state index contributed by atoms with van der Waals surface area (Å²) in [5.41, 5.74) is 2.27. The average molecular weight is 538 g/mol. The molecular weight excluding hydrogens is 498 g/mol. The van der Waals surface area contributed by atoms with Gasteiger partial charge in [-0.15, -0.1) is 0 Å². The van der Waals surface area contributed by atoms with Gasteiger partial charge in [-0.05, 0) is 48.7 Å². The number of ether oxygens (including phenoxy) is 1. The lowest BCUT2D eigenvalue weighted by Gasteiger charge is -2.43. The van der Waals surface area contributed by atoms with E-state index >= 15 is 0 Å². The lowest BCUT2D eigenvalue weighted by molar-refractivity contribution is 0.163. The van der Waals surface area contributed by atoms with Crippen molar-refractivity contribution in [3.63, 3.8) is 0 Å². The number of fused-ring (bicyclic) bond motifs is 1. The number of anilines is 3. The van der Waals surface area contributed by atoms with E-state index in [0.29, 0.717) is 24.3 Å². The zero-order valence-corrected chi connectivity index (χ0v) is 23.8. The van der Waals surface area contributed by atoms with E-state index in [2.05, 4.69) is 18.7 Å². The largest absolute Gasteiger partial charge is 0.506 e. The molecule has 1 unspecified atom stereocenters. The fraction of sp³-hybridized carbons (Fsp3) is 0.400. The van der Waals surface area contributed by atoms with Gasteiger partial charge in [-0.3, -0.25) is 0 Å². The zero-order valence-electron chi connectivity index (χ0n) is 23.0. The normalized spacial score (nSPS) is 19.0. The van der Waals surface area contributed by atoms with Gasteiger partial charge in [-0.1, -0.05) is 57.0 Å². The molecule has 0 saturated carbocycles. The van der Waals surface area contributed by atoms with E-state index in [-0.39, 0.29) is 17.2 Å². The van der Waals surface area contributed by atoms with Crippen LogP contribution in [0.25, 0.3) is 0 Å². The van der Waals surface area contributed by atoms with E-state index in [1.54, 1.807) is 22.4 Å². The highest BCUT2D eigenvalue weighted by atomic mass is 32.2. The first-order valence-electron chi connectivity index (χ1n) is 13.2. The Morgan fingerprint density at radius 3 is 2.29 bits per heavy atom. The summed E-state index contributed by atoms with van der Waals surface area (Å²) in [4.78, 5) is 4.03. The number of hydrogen-bond donors (Lipinski definition) is 1. The van der Waals surface area contributed by atoms with Crippen molar-refractivity contribution >= 4 is 27.1 Å². The number of phenols is 1. The maximum atomic E-state index is 14.6. The molecule has 1 aliphatic heterocycles. The van der Waals surface area contributed by atoms with E-state index in [1.807, 2.05) is 68.7 Å². The number of aromatic hydroxyl groups is 1. The molecule has 1 aliphatic rings. The molecule has 0 bridgehead atoms. The van der Waals surface area contributed by atoms with Gasteiger partial charge in [0.15, 0.2) is 0 Å². The summed E-state index contributed by atoms with van der Waals surface area (Å²) in [5, 5.41) is 10.9. The van der Waals surface area contributed by atoms with Crippen LogP contribution in [0.2, 0.25) is 0 Å². The SMILES string of the molecule is CCCCC1(CC)CN(c2ccccc2)c2cc(N(C)C)c(O)cc2S(=O)(=O)N1Cc1ccc(OC)cc1. The van der Waals surface area contributed by atoms with E-state index in [4.69, 9.17) is 4.74 Å². The van der Waals surface area contributed by atoms with Crippen molar-refractivity contribution in [2.45, 2.75) is 56.5 Å². The van der Waals surface area contributed by atoms with Gasteiger partial charge in [0, 0.05) is 38.9 Å². The first kappa shape index (κ1) is 27.8. The van der Waals surface area contributed by atoms with E-state index in [9.17, 15) is 13.5 Å². The topological polar surface area (TPSA) is 73.3 Å². The monoisotopic (exact) mass is 537 g/mol. The van der Waals surface area contributed by atoms with Gasteiger partial charge in [0.25, 0.3) is 0 Å². The van der Waals surface area contributed by atoms with Crippen LogP contribution in [0.15, 0.2) is 71.6 Å². The Bertz CT molecular complexity index is 1340. The van der Waals surface area contributed by atoms with Gasteiger partial charge >= 0.3 is 0 Å². The van der Waals surface area contributed by atoms with Crippen LogP contribution in [0.4, 0.5) is 17.1 Å². The Balaban J connectivity index is 1.99. The minimum Gasteiger partial charge on any atom is -0.506 e. The highest BCUT2D eigenvalue weighted by Crippen LogP contribution is 2.47. The molecule has 3 aromatic rings. The van der Waals surface area contributed by atoms with Crippen molar-refractivity contribution in [1.29, 1.82) is 0 Å². The highest BCUT2D eigenvalue weighted by molar-refractivity contribution is 7.89. The molecule has 0 radical (unpaired) electrons. The second kappa shape index (κ2) is 11.3. The van der Waals surface area contributed by atoms with E-state index in [1.165, 1.54) is 6.07 Å². The van der Waals surface area contributed by atoms with Crippen LogP contribution < -0.4 is 14.5 Å². The van der Waals surface area contributed by atoms with Gasteiger partial charge in [-0.25, -0.2) is 8.42 Å². The first-order valence-corrected chi connectivity index (χ1v) is 14.6. The van der Waals surface area contributed by atoms with E-state index in [0.717, 1.165) is 36.3 Å². The number of para-hydroxylation sites is 1. The van der Waals surface area contributed by atoms with E-state index < -0.39 is 15.6 Å². The second-order valence-electron chi connectivity index (χ2n) is 10.2. The number of hydrogen-bond acceptors (Lipinski definition) is 6. The highest BCUT2D eigenvalue weighted by Gasteiger charge is 2.48. The molecule has 0 amide bonds. The summed E-state index contributed by atoms with van der Waals surface area (Å²) in [6.07, 6.45) is 3.23. The summed E-state index contributed by atoms with van der Waals surface area (Å²) in [6, 6.07) is 20.7. The van der Waals surface area contributed by atoms with Crippen molar-refractivity contribution in [3.05, 3.63) is 72.3 Å². The van der Waals surface area contributed by atoms with Gasteiger partial charge in [0.1, 0.15) is 16.4 Å². The summed E-state index contributed by atoms with van der Waals surface area (Å²) >= 11 is 0. The van der Waals surface area contributed by atoms with Crippen LogP contribution in [0.5, 0.6) is 11.5 Å². The number of phenolic OH excluding ortho intramolecular Hbond substituents is 1. The maximum Gasteiger partial charge on any atom is 0.246 e. The Kier molecular flexibility index (Phi) is 8.23. The Hall–Kier alpha value is -3.23. The van der Waals surface area contributed by atoms with Crippen molar-refractivity contribution in [1.82, 2.24) is 4.31 Å². The fourth-order valence-corrected chi connectivity index (χ4v) is 7.36. The van der Waals surface area contributed by atoms with Gasteiger partial charge in [-0.2, -0.15) is 4.31 Å². The molecule has 4 rings (SSSR count). The van der Waals surface area contributed by atoms with Crippen LogP contribution in [0, 0.1) is 0 Å². The number of sulfonamides is 1. The molecule has 7 nitrogen and oxygen atoms in total. The molecule has 0 aliphatic carbocycles. The molecule has 0 fully saturated rings. The van der Waals surface area contributed by atoms with Crippen LogP contribution in [-0.4, -0.2) is 51.1 Å². The molecular formula is C30H39N3O4S. The van der Waals surface area contributed by atoms with Crippen LogP contribution in [-0.2, 0) is 16.6 Å². The van der Waals surface area contributed by atoms with Crippen molar-refractivity contribution in [2.75, 3.05) is 37.5 Å². The Labute approximate surface area is 227 Å². The molecule has 38 heavy (non-hydrogen) atoms. The maximum absolute atomic E-state index is 14.6. The summed E-state index contributed by atoms with van der Waals surface area (Å²) in [7, 11) is 1.29. The molecule has 204 valence electrons. The fourth-order valence-electron chi connectivity index (χ4n) is 5.32. The van der Waals surface area contributed by atoms with Crippen molar-refractivity contribution in [2.24, 2.45) is 0 Å². The number of unbranched alkanes of at least 4 members (excludes halogenated alkanes) is 1. The zero-order chi connectivity index (χ0) is 27.5. The van der Waals surface area contributed by atoms with Gasteiger partial charge < -0.3 is 19.6 Å². The summed E-state index contributed by atoms with van der Waals surface area (Å²) in [6.45, 7) is 4.93. The van der Waals surface area contributed by atoms with Crippen LogP contribution >= 0.6 is 0 Å². The minimum atomic E-state index is -4.01. The molecule has 1 heterocycles. The molecule has 0 spiro atoms. The smallest absolute Gasteiger partial charge is 0.246 e. The number of rotatable bonds is 9. The summed E-state index contributed by atoms with van der Waals surface area (Å²) < 4.78 is 36.3. The molecule has 0 aromatic heterocycles. The van der Waals surface area contributed by atoms with Crippen LogP contribution in [0.3, 0.4) is 0 Å². The number of nitrogens with zero attached hydrogens (tertiary/aromatic N) is 3. The number of benzene rings is 3. The average Bonchev–Trinajstić information content (AvgIpc) is 2.99. The predicted molar refractivity (Wildman–Crippen MR) is 154 cm³/mol. The first-order chi connectivity index (χ1) is 18.2. The predicted octanol–water partition coefficient (Wildman–Crippen LogP) is 6.15. The second-order valence-corrected chi connectivity index (χ2v) is 12.0. The summed E-state index contributed by atoms with van der Waals surface area (Å²) in [5.74, 6) is 0.661. The third-order valence-electron chi connectivity index (χ3n) is 7.59. The molecule has 0 saturated heterocycles. The Morgan fingerprint density at radius 2 is 1.71 bits per heavy atom. The van der Waals surface area contributed by atoms with Crippen molar-refractivity contribution in [3.8, 4) is 11.5 Å². The third kappa shape index (κ3) is 5.20. The Morgan fingerprint density at radius 1 is 1.03 bits per heavy atom. The van der Waals surface area contributed by atoms with Gasteiger partial charge in [0.2, 0.25) is 10.0 Å². The quantitative estimate of drug-likeness (QED) is 0.353. The molecule has 1 atom stereocenters. The van der Waals surface area contributed by atoms with Crippen molar-refractivity contribution < 1.29 is 18.3 Å². The lowest BCUT2D eigenvalue weighted by Crippen LogP contribution is -2.54. The minimum absolute atomic E-state index is 0.0627.